The minimum atomic E-state index is -4.72. The van der Waals surface area contributed by atoms with Gasteiger partial charge < -0.3 is 24.8 Å². The van der Waals surface area contributed by atoms with Crippen molar-refractivity contribution < 1.29 is 57.8 Å². The predicted molar refractivity (Wildman–Crippen MR) is 248 cm³/mol. The number of nitrogens with one attached hydrogen (secondary N) is 2. The molecule has 2 heterocycles. The highest BCUT2D eigenvalue weighted by Gasteiger charge is 2.45. The van der Waals surface area contributed by atoms with Gasteiger partial charge in [-0.05, 0) is 107 Å². The van der Waals surface area contributed by atoms with Crippen molar-refractivity contribution >= 4 is 59.4 Å². The van der Waals surface area contributed by atoms with Gasteiger partial charge in [0.2, 0.25) is 11.6 Å². The van der Waals surface area contributed by atoms with Crippen LogP contribution in [0.25, 0.3) is 0 Å². The van der Waals surface area contributed by atoms with Gasteiger partial charge in [0.1, 0.15) is 22.8 Å². The van der Waals surface area contributed by atoms with Crippen LogP contribution in [0.4, 0.5) is 16.2 Å². The molecule has 0 saturated carbocycles. The summed E-state index contributed by atoms with van der Waals surface area (Å²) in [7, 11) is -13.4. The molecule has 1 aliphatic carbocycles. The van der Waals surface area contributed by atoms with E-state index in [4.69, 9.17) is 4.74 Å². The topological polar surface area (TPSA) is 240 Å². The highest BCUT2D eigenvalue weighted by atomic mass is 32.2. The molecule has 0 aromatic heterocycles. The van der Waals surface area contributed by atoms with Crippen LogP contribution in [0.1, 0.15) is 109 Å². The number of nitrogens with zero attached hydrogens (tertiary/aromatic N) is 2. The van der Waals surface area contributed by atoms with Gasteiger partial charge in [0.15, 0.2) is 5.71 Å². The number of fused-ring (bicyclic) bond motifs is 2. The molecule has 1 unspecified atom stereocenters. The second-order valence-corrected chi connectivity index (χ2v) is 22.0. The van der Waals surface area contributed by atoms with Crippen molar-refractivity contribution in [3.8, 4) is 0 Å². The highest BCUT2D eigenvalue weighted by molar-refractivity contribution is 7.86. The molecule has 19 heteroatoms. The zero-order chi connectivity index (χ0) is 47.6. The molecule has 5 rings (SSSR count). The molecule has 0 spiro atoms. The summed E-state index contributed by atoms with van der Waals surface area (Å²) >= 11 is 0. The van der Waals surface area contributed by atoms with Gasteiger partial charge in [-0.1, -0.05) is 44.2 Å². The number of carbonyl (C=O) groups is 2. The van der Waals surface area contributed by atoms with Gasteiger partial charge in [0.05, 0.1) is 21.0 Å². The molecule has 2 aliphatic heterocycles. The summed E-state index contributed by atoms with van der Waals surface area (Å²) in [5.41, 5.74) is 2.76. The molecule has 65 heavy (non-hydrogen) atoms. The summed E-state index contributed by atoms with van der Waals surface area (Å²) in [6.45, 7) is 9.19. The smallest absolute Gasteiger partial charge is 0.407 e. The standard InChI is InChI=1S/C46H62N4O12S3/c1-45(2)37-32-35(64(56,57)58)23-25-39(37)49(29-15-9-14-22-43(51)47-27-16-28-48-44(52)62-34-18-10-6-5-7-11-19-34)41(45)20-12-8-13-21-42-46(3,4)38-33-36(65(59,60)61)24-26-40(38)50(42)30-17-31-63(53,54)55/h6,8,10,12-13,20-21,23-26,32-34H,5,7,9,11,14-19,22,27-31H2,1-4H3,(H4-,47,48,51,52,53,54,55,56,57,58,59,60,61). The van der Waals surface area contributed by atoms with E-state index in [1.165, 1.54) is 24.3 Å². The second-order valence-electron chi connectivity index (χ2n) is 17.6. The Labute approximate surface area is 383 Å². The van der Waals surface area contributed by atoms with E-state index in [-0.39, 0.29) is 34.8 Å². The van der Waals surface area contributed by atoms with Gasteiger partial charge >= 0.3 is 6.09 Å². The van der Waals surface area contributed by atoms with E-state index in [2.05, 4.69) is 27.4 Å². The molecule has 3 aliphatic rings. The largest absolute Gasteiger partial charge is 0.744 e. The van der Waals surface area contributed by atoms with Crippen molar-refractivity contribution in [1.82, 2.24) is 10.6 Å². The van der Waals surface area contributed by atoms with Crippen LogP contribution in [0.2, 0.25) is 0 Å². The first-order valence-electron chi connectivity index (χ1n) is 22.0. The molecule has 2 amide bonds. The molecule has 4 N–H and O–H groups in total. The molecular weight excluding hydrogens is 897 g/mol. The van der Waals surface area contributed by atoms with E-state index in [1.54, 1.807) is 24.3 Å². The number of hydrogen-bond acceptors (Lipinski definition) is 11. The Morgan fingerprint density at radius 3 is 2.29 bits per heavy atom. The zero-order valence-corrected chi connectivity index (χ0v) is 39.9. The first-order chi connectivity index (χ1) is 30.5. The molecule has 356 valence electrons. The lowest BCUT2D eigenvalue weighted by molar-refractivity contribution is -0.438. The van der Waals surface area contributed by atoms with Crippen LogP contribution in [0.5, 0.6) is 0 Å². The van der Waals surface area contributed by atoms with Crippen LogP contribution in [-0.2, 0) is 50.7 Å². The summed E-state index contributed by atoms with van der Waals surface area (Å²) in [5.74, 6) is -0.559. The minimum Gasteiger partial charge on any atom is -0.744 e. The predicted octanol–water partition coefficient (Wildman–Crippen LogP) is 6.97. The molecule has 0 radical (unpaired) electrons. The average Bonchev–Trinajstić information content (AvgIpc) is 3.54. The van der Waals surface area contributed by atoms with Crippen LogP contribution in [0.3, 0.4) is 0 Å². The van der Waals surface area contributed by atoms with E-state index in [9.17, 15) is 48.5 Å². The Bertz CT molecular complexity index is 2580. The Hall–Kier alpha value is -4.66. The number of benzene rings is 2. The molecule has 16 nitrogen and oxygen atoms in total. The highest BCUT2D eigenvalue weighted by Crippen LogP contribution is 2.48. The molecule has 0 fully saturated rings. The van der Waals surface area contributed by atoms with Crippen molar-refractivity contribution in [1.29, 1.82) is 0 Å². The van der Waals surface area contributed by atoms with Crippen molar-refractivity contribution in [2.45, 2.75) is 125 Å². The van der Waals surface area contributed by atoms with Crippen LogP contribution in [0, 0.1) is 0 Å². The fourth-order valence-corrected chi connectivity index (χ4v) is 10.1. The molecule has 0 saturated heterocycles. The molecule has 0 bridgehead atoms. The van der Waals surface area contributed by atoms with E-state index in [0.29, 0.717) is 62.1 Å². The third kappa shape index (κ3) is 13.9. The number of allylic oxidation sites excluding steroid dienone is 7. The van der Waals surface area contributed by atoms with E-state index < -0.39 is 53.0 Å². The van der Waals surface area contributed by atoms with Gasteiger partial charge in [-0.3, -0.25) is 13.9 Å². The van der Waals surface area contributed by atoms with Crippen LogP contribution in [0.15, 0.2) is 94.4 Å². The monoisotopic (exact) mass is 958 g/mol. The number of rotatable bonds is 20. The van der Waals surface area contributed by atoms with Crippen molar-refractivity contribution in [3.05, 3.63) is 95.8 Å². The van der Waals surface area contributed by atoms with Crippen LogP contribution < -0.4 is 15.5 Å². The number of anilines is 1. The molecule has 1 atom stereocenters. The van der Waals surface area contributed by atoms with Gasteiger partial charge in [-0.2, -0.15) is 21.4 Å². The van der Waals surface area contributed by atoms with Crippen molar-refractivity contribution in [2.24, 2.45) is 0 Å². The number of ether oxygens (including phenoxy) is 1. The minimum absolute atomic E-state index is 0.0825. The first-order valence-corrected chi connectivity index (χ1v) is 26.5. The van der Waals surface area contributed by atoms with Crippen LogP contribution >= 0.6 is 0 Å². The summed E-state index contributed by atoms with van der Waals surface area (Å²) in [5, 5.41) is 5.67. The summed E-state index contributed by atoms with van der Waals surface area (Å²) in [4.78, 5) is 26.1. The first kappa shape index (κ1) is 51.3. The Kier molecular flexibility index (Phi) is 17.2. The summed E-state index contributed by atoms with van der Waals surface area (Å²) in [6.07, 6.45) is 20.5. The van der Waals surface area contributed by atoms with Crippen molar-refractivity contribution in [3.63, 3.8) is 0 Å². The number of carbonyl (C=O) groups excluding carboxylic acids is 2. The zero-order valence-electron chi connectivity index (χ0n) is 37.5. The number of alkyl carbamates (subject to hydrolysis) is 1. The Morgan fingerprint density at radius 1 is 0.846 bits per heavy atom. The number of amides is 2. The second kappa shape index (κ2) is 21.8. The maximum Gasteiger partial charge on any atom is 0.407 e. The maximum atomic E-state index is 12.6. The maximum absolute atomic E-state index is 12.6. The Balaban J connectivity index is 1.23. The fraction of sp³-hybridized carbons (Fsp3) is 0.500. The van der Waals surface area contributed by atoms with Crippen molar-refractivity contribution in [2.75, 3.05) is 36.8 Å². The lowest BCUT2D eigenvalue weighted by atomic mass is 9.81. The van der Waals surface area contributed by atoms with Gasteiger partial charge in [0, 0.05) is 73.4 Å². The lowest BCUT2D eigenvalue weighted by Gasteiger charge is -2.27. The normalized spacial score (nSPS) is 19.1. The summed E-state index contributed by atoms with van der Waals surface area (Å²) < 4.78 is 110. The van der Waals surface area contributed by atoms with Gasteiger partial charge in [-0.15, -0.1) is 0 Å². The quantitative estimate of drug-likeness (QED) is 0.0345. The van der Waals surface area contributed by atoms with E-state index in [0.717, 1.165) is 55.6 Å². The number of hydrogen-bond donors (Lipinski definition) is 4. The third-order valence-electron chi connectivity index (χ3n) is 12.0. The molecule has 2 aromatic rings. The molecular formula is C46H62N4O12S3. The average molecular weight is 959 g/mol. The van der Waals surface area contributed by atoms with E-state index >= 15 is 0 Å². The number of unbranched alkanes of at least 4 members (excludes halogenated alkanes) is 2. The van der Waals surface area contributed by atoms with Crippen LogP contribution in [-0.4, -0.2) is 99.2 Å². The van der Waals surface area contributed by atoms with Gasteiger partial charge in [-0.25, -0.2) is 13.2 Å². The van der Waals surface area contributed by atoms with Gasteiger partial charge in [0.25, 0.3) is 20.2 Å². The SMILES string of the molecule is CC1(C)C(/C=C/C=C/C=C2\N(CCCS(=O)(=O)O)c3ccc(S(=O)(=O)O)cc3C2(C)C)=[N+](CCCCCC(=O)NCCCNC(=O)OC2CC=CCCCC2)c2ccc(S(=O)(=O)[O-])cc21. The Morgan fingerprint density at radius 2 is 1.57 bits per heavy atom. The lowest BCUT2D eigenvalue weighted by Crippen LogP contribution is -2.32. The van der Waals surface area contributed by atoms with E-state index in [1.807, 2.05) is 50.8 Å². The molecule has 2 aromatic carbocycles. The third-order valence-corrected chi connectivity index (χ3v) is 14.5. The fourth-order valence-electron chi connectivity index (χ4n) is 8.61. The summed E-state index contributed by atoms with van der Waals surface area (Å²) in [6, 6.07) is 8.61.